The van der Waals surface area contributed by atoms with Gasteiger partial charge in [-0.2, -0.15) is 0 Å². The van der Waals surface area contributed by atoms with Gasteiger partial charge in [0.2, 0.25) is 0 Å². The SMILES string of the molecule is COc1ccc(Nc2ccc(C(=O)c3cc(N)ccc3C)c(Cl)c2)cc1. The number of ketones is 1. The van der Waals surface area contributed by atoms with Gasteiger partial charge in [0, 0.05) is 28.2 Å². The van der Waals surface area contributed by atoms with Gasteiger partial charge in [0.1, 0.15) is 5.75 Å². The Hall–Kier alpha value is -2.98. The lowest BCUT2D eigenvalue weighted by Gasteiger charge is -2.11. The number of anilines is 3. The molecular formula is C21H19ClN2O2. The van der Waals surface area contributed by atoms with Crippen molar-refractivity contribution in [1.29, 1.82) is 0 Å². The zero-order chi connectivity index (χ0) is 18.7. The van der Waals surface area contributed by atoms with Gasteiger partial charge in [-0.05, 0) is 67.1 Å². The predicted molar refractivity (Wildman–Crippen MR) is 107 cm³/mol. The molecule has 0 saturated heterocycles. The van der Waals surface area contributed by atoms with Crippen LogP contribution in [0.15, 0.2) is 60.7 Å². The molecule has 0 radical (unpaired) electrons. The number of hydrogen-bond acceptors (Lipinski definition) is 4. The minimum atomic E-state index is -0.143. The van der Waals surface area contributed by atoms with Crippen LogP contribution in [0.2, 0.25) is 5.02 Å². The summed E-state index contributed by atoms with van der Waals surface area (Å²) in [6, 6.07) is 18.1. The van der Waals surface area contributed by atoms with Gasteiger partial charge < -0.3 is 15.8 Å². The van der Waals surface area contributed by atoms with Crippen LogP contribution in [0.1, 0.15) is 21.5 Å². The Balaban J connectivity index is 1.84. The topological polar surface area (TPSA) is 64.3 Å². The van der Waals surface area contributed by atoms with Crippen molar-refractivity contribution in [2.75, 3.05) is 18.2 Å². The van der Waals surface area contributed by atoms with E-state index in [4.69, 9.17) is 22.1 Å². The largest absolute Gasteiger partial charge is 0.497 e. The zero-order valence-electron chi connectivity index (χ0n) is 14.5. The van der Waals surface area contributed by atoms with Crippen LogP contribution in [-0.2, 0) is 0 Å². The molecule has 0 amide bonds. The Labute approximate surface area is 157 Å². The fourth-order valence-corrected chi connectivity index (χ4v) is 2.91. The van der Waals surface area contributed by atoms with Crippen LogP contribution in [0.5, 0.6) is 5.75 Å². The molecule has 3 rings (SSSR count). The number of aryl methyl sites for hydroxylation is 1. The van der Waals surface area contributed by atoms with Crippen molar-refractivity contribution in [3.63, 3.8) is 0 Å². The number of nitrogens with two attached hydrogens (primary N) is 1. The third-order valence-corrected chi connectivity index (χ3v) is 4.41. The molecule has 0 heterocycles. The number of rotatable bonds is 5. The molecule has 0 fully saturated rings. The standard InChI is InChI=1S/C21H19ClN2O2/c1-13-3-4-14(23)11-19(13)21(25)18-10-7-16(12-20(18)22)24-15-5-8-17(26-2)9-6-15/h3-12,24H,23H2,1-2H3. The molecule has 3 aromatic rings. The van der Waals surface area contributed by atoms with Gasteiger partial charge in [-0.15, -0.1) is 0 Å². The third kappa shape index (κ3) is 3.81. The van der Waals surface area contributed by atoms with E-state index in [0.29, 0.717) is 21.8 Å². The summed E-state index contributed by atoms with van der Waals surface area (Å²) in [5.41, 5.74) is 9.91. The molecule has 0 aliphatic heterocycles. The number of halogens is 1. The fourth-order valence-electron chi connectivity index (χ4n) is 2.65. The Bertz CT molecular complexity index is 953. The molecule has 0 aliphatic carbocycles. The maximum Gasteiger partial charge on any atom is 0.194 e. The van der Waals surface area contributed by atoms with Crippen molar-refractivity contribution < 1.29 is 9.53 Å². The summed E-state index contributed by atoms with van der Waals surface area (Å²) in [5, 5.41) is 3.64. The number of ether oxygens (including phenoxy) is 1. The average Bonchev–Trinajstić information content (AvgIpc) is 2.64. The summed E-state index contributed by atoms with van der Waals surface area (Å²) >= 11 is 6.37. The number of carbonyl (C=O) groups is 1. The summed E-state index contributed by atoms with van der Waals surface area (Å²) in [6.07, 6.45) is 0. The molecule has 5 heteroatoms. The highest BCUT2D eigenvalue weighted by molar-refractivity contribution is 6.35. The highest BCUT2D eigenvalue weighted by atomic mass is 35.5. The molecule has 3 aromatic carbocycles. The first-order valence-electron chi connectivity index (χ1n) is 8.09. The number of benzene rings is 3. The number of hydrogen-bond donors (Lipinski definition) is 2. The van der Waals surface area contributed by atoms with Gasteiger partial charge in [-0.25, -0.2) is 0 Å². The molecule has 4 nitrogen and oxygen atoms in total. The molecule has 26 heavy (non-hydrogen) atoms. The number of carbonyl (C=O) groups excluding carboxylic acids is 1. The minimum absolute atomic E-state index is 0.143. The van der Waals surface area contributed by atoms with Crippen LogP contribution in [0.3, 0.4) is 0 Å². The molecule has 0 bridgehead atoms. The van der Waals surface area contributed by atoms with Crippen molar-refractivity contribution in [2.24, 2.45) is 0 Å². The van der Waals surface area contributed by atoms with E-state index in [9.17, 15) is 4.79 Å². The Morgan fingerprint density at radius 2 is 1.65 bits per heavy atom. The van der Waals surface area contributed by atoms with Crippen LogP contribution in [-0.4, -0.2) is 12.9 Å². The summed E-state index contributed by atoms with van der Waals surface area (Å²) in [7, 11) is 1.63. The van der Waals surface area contributed by atoms with Crippen molar-refractivity contribution >= 4 is 34.4 Å². The van der Waals surface area contributed by atoms with E-state index in [-0.39, 0.29) is 5.78 Å². The highest BCUT2D eigenvalue weighted by Crippen LogP contribution is 2.27. The van der Waals surface area contributed by atoms with Crippen molar-refractivity contribution in [3.8, 4) is 5.75 Å². The van der Waals surface area contributed by atoms with Crippen LogP contribution in [0.25, 0.3) is 0 Å². The van der Waals surface area contributed by atoms with E-state index in [1.54, 1.807) is 31.4 Å². The van der Waals surface area contributed by atoms with Crippen molar-refractivity contribution in [1.82, 2.24) is 0 Å². The first kappa shape index (κ1) is 17.8. The van der Waals surface area contributed by atoms with Gasteiger partial charge >= 0.3 is 0 Å². The van der Waals surface area contributed by atoms with Crippen molar-refractivity contribution in [3.05, 3.63) is 82.4 Å². The maximum atomic E-state index is 12.8. The van der Waals surface area contributed by atoms with Crippen molar-refractivity contribution in [2.45, 2.75) is 6.92 Å². The second-order valence-electron chi connectivity index (χ2n) is 5.95. The average molecular weight is 367 g/mol. The molecule has 3 N–H and O–H groups in total. The van der Waals surface area contributed by atoms with E-state index in [2.05, 4.69) is 5.32 Å². The van der Waals surface area contributed by atoms with Gasteiger partial charge in [0.15, 0.2) is 5.78 Å². The first-order valence-corrected chi connectivity index (χ1v) is 8.47. The molecular weight excluding hydrogens is 348 g/mol. The second kappa shape index (κ2) is 7.50. The Morgan fingerprint density at radius 3 is 2.31 bits per heavy atom. The lowest BCUT2D eigenvalue weighted by Crippen LogP contribution is -2.06. The quantitative estimate of drug-likeness (QED) is 0.480. The molecule has 0 aromatic heterocycles. The maximum absolute atomic E-state index is 12.8. The summed E-state index contributed by atoms with van der Waals surface area (Å²) in [6.45, 7) is 1.88. The summed E-state index contributed by atoms with van der Waals surface area (Å²) in [4.78, 5) is 12.8. The van der Waals surface area contributed by atoms with E-state index < -0.39 is 0 Å². The van der Waals surface area contributed by atoms with E-state index in [1.807, 2.05) is 43.3 Å². The lowest BCUT2D eigenvalue weighted by molar-refractivity contribution is 0.103. The van der Waals surface area contributed by atoms with Gasteiger partial charge in [-0.3, -0.25) is 4.79 Å². The molecule has 0 atom stereocenters. The van der Waals surface area contributed by atoms with E-state index in [0.717, 1.165) is 22.7 Å². The normalized spacial score (nSPS) is 10.4. The van der Waals surface area contributed by atoms with Gasteiger partial charge in [0.25, 0.3) is 0 Å². The summed E-state index contributed by atoms with van der Waals surface area (Å²) in [5.74, 6) is 0.642. The highest BCUT2D eigenvalue weighted by Gasteiger charge is 2.16. The number of nitrogen functional groups attached to an aromatic ring is 1. The molecule has 132 valence electrons. The Morgan fingerprint density at radius 1 is 0.962 bits per heavy atom. The first-order chi connectivity index (χ1) is 12.5. The zero-order valence-corrected chi connectivity index (χ0v) is 15.3. The van der Waals surface area contributed by atoms with Crippen LogP contribution in [0.4, 0.5) is 17.1 Å². The second-order valence-corrected chi connectivity index (χ2v) is 6.36. The van der Waals surface area contributed by atoms with Crippen LogP contribution >= 0.6 is 11.6 Å². The monoisotopic (exact) mass is 366 g/mol. The third-order valence-electron chi connectivity index (χ3n) is 4.10. The number of nitrogens with one attached hydrogen (secondary N) is 1. The van der Waals surface area contributed by atoms with E-state index >= 15 is 0 Å². The minimum Gasteiger partial charge on any atom is -0.497 e. The smallest absolute Gasteiger partial charge is 0.194 e. The predicted octanol–water partition coefficient (Wildman–Crippen LogP) is 5.21. The van der Waals surface area contributed by atoms with Gasteiger partial charge in [-0.1, -0.05) is 17.7 Å². The molecule has 0 saturated carbocycles. The number of methoxy groups -OCH3 is 1. The molecule has 0 aliphatic rings. The lowest BCUT2D eigenvalue weighted by atomic mass is 9.98. The van der Waals surface area contributed by atoms with Crippen LogP contribution < -0.4 is 15.8 Å². The van der Waals surface area contributed by atoms with Gasteiger partial charge in [0.05, 0.1) is 12.1 Å². The molecule has 0 unspecified atom stereocenters. The summed E-state index contributed by atoms with van der Waals surface area (Å²) < 4.78 is 5.15. The van der Waals surface area contributed by atoms with Crippen LogP contribution in [0, 0.1) is 6.92 Å². The van der Waals surface area contributed by atoms with E-state index in [1.165, 1.54) is 0 Å². The fraction of sp³-hybridized carbons (Fsp3) is 0.0952. The molecule has 0 spiro atoms. The Kier molecular flexibility index (Phi) is 5.14.